The third-order valence-corrected chi connectivity index (χ3v) is 1.53. The van der Waals surface area contributed by atoms with E-state index in [1.54, 1.807) is 0 Å². The predicted molar refractivity (Wildman–Crippen MR) is 26.2 cm³/mol. The van der Waals surface area contributed by atoms with Crippen LogP contribution >= 0.6 is 0 Å². The molecule has 0 bridgehead atoms. The van der Waals surface area contributed by atoms with Gasteiger partial charge in [-0.2, -0.15) is 0 Å². The summed E-state index contributed by atoms with van der Waals surface area (Å²) in [6.07, 6.45) is 0. The molecule has 0 rings (SSSR count). The first-order valence-corrected chi connectivity index (χ1v) is 3.34. The molecule has 0 aliphatic carbocycles. The molecule has 3 heteroatoms. The average molecular weight is 159 g/mol. The second-order valence-electron chi connectivity index (χ2n) is 1.35. The van der Waals surface area contributed by atoms with Crippen LogP contribution in [0.4, 0.5) is 0 Å². The van der Waals surface area contributed by atoms with Gasteiger partial charge in [0.2, 0.25) is 0 Å². The van der Waals surface area contributed by atoms with Crippen LogP contribution in [0.15, 0.2) is 0 Å². The molecule has 0 saturated carbocycles. The van der Waals surface area contributed by atoms with Crippen LogP contribution in [0.25, 0.3) is 0 Å². The van der Waals surface area contributed by atoms with Gasteiger partial charge < -0.3 is 0 Å². The maximum atomic E-state index is 10.2. The molecule has 0 amide bonds. The van der Waals surface area contributed by atoms with Gasteiger partial charge in [0.15, 0.2) is 0 Å². The van der Waals surface area contributed by atoms with E-state index >= 15 is 0 Å². The summed E-state index contributed by atoms with van der Waals surface area (Å²) in [5, 5.41) is 0.336. The molecule has 0 fully saturated rings. The van der Waals surface area contributed by atoms with E-state index in [0.717, 1.165) is 14.4 Å². The average Bonchev–Trinajstić information content (AvgIpc) is 1.61. The zero-order valence-corrected chi connectivity index (χ0v) is 5.83. The van der Waals surface area contributed by atoms with Crippen LogP contribution in [-0.2, 0) is 24.0 Å². The van der Waals surface area contributed by atoms with Gasteiger partial charge in [-0.1, -0.05) is 0 Å². The van der Waals surface area contributed by atoms with Crippen molar-refractivity contribution in [1.29, 1.82) is 0 Å². The number of rotatable bonds is 3. The van der Waals surface area contributed by atoms with E-state index in [4.69, 9.17) is 0 Å². The Morgan fingerprint density at radius 3 is 2.00 bits per heavy atom. The molecule has 2 nitrogen and oxygen atoms in total. The molecule has 0 spiro atoms. The SMILES string of the molecule is CC(=O)[CH2][Ni][C](C)=O. The summed E-state index contributed by atoms with van der Waals surface area (Å²) >= 11 is 0.888. The van der Waals surface area contributed by atoms with Gasteiger partial charge in [0.25, 0.3) is 0 Å². The molecule has 0 N–H and O–H groups in total. The Kier molecular flexibility index (Phi) is 3.71. The summed E-state index contributed by atoms with van der Waals surface area (Å²) in [4.78, 5) is 20.3. The molecular weight excluding hydrogens is 151 g/mol. The number of carbonyl (C=O) groups excluding carboxylic acids is 2. The minimum atomic E-state index is 0.0210. The Morgan fingerprint density at radius 2 is 1.88 bits per heavy atom. The molecule has 8 heavy (non-hydrogen) atoms. The number of ketones is 1. The summed E-state index contributed by atoms with van der Waals surface area (Å²) in [6.45, 7) is 2.93. The van der Waals surface area contributed by atoms with Gasteiger partial charge in [-0.25, -0.2) is 0 Å². The van der Waals surface area contributed by atoms with E-state index in [1.807, 2.05) is 0 Å². The van der Waals surface area contributed by atoms with Crippen molar-refractivity contribution >= 4 is 10.5 Å². The maximum absolute atomic E-state index is 10.2. The summed E-state index contributed by atoms with van der Waals surface area (Å²) in [7, 11) is 0. The van der Waals surface area contributed by atoms with Crippen LogP contribution in [0.2, 0.25) is 5.39 Å². The Hall–Kier alpha value is -0.166. The second-order valence-corrected chi connectivity index (χ2v) is 2.75. The van der Waals surface area contributed by atoms with Crippen LogP contribution < -0.4 is 0 Å². The van der Waals surface area contributed by atoms with Gasteiger partial charge in [0.1, 0.15) is 0 Å². The Morgan fingerprint density at radius 1 is 1.38 bits per heavy atom. The summed E-state index contributed by atoms with van der Waals surface area (Å²) in [5.74, 6) is 0.0557. The van der Waals surface area contributed by atoms with Crippen LogP contribution in [0.1, 0.15) is 13.8 Å². The molecule has 0 aliphatic rings. The topological polar surface area (TPSA) is 34.1 Å². The zero-order valence-electron chi connectivity index (χ0n) is 4.84. The van der Waals surface area contributed by atoms with E-state index in [9.17, 15) is 9.59 Å². The summed E-state index contributed by atoms with van der Waals surface area (Å²) < 4.78 is 0.0210. The molecule has 0 radical (unpaired) electrons. The number of Topliss-reactive ketones (excluding diaryl/α,β-unsaturated/α-hetero) is 1. The monoisotopic (exact) mass is 158 g/mol. The predicted octanol–water partition coefficient (Wildman–Crippen LogP) is 0.623. The Bertz CT molecular complexity index is 95.0. The van der Waals surface area contributed by atoms with Gasteiger partial charge in [-0.05, 0) is 0 Å². The molecule has 0 atom stereocenters. The Balaban J connectivity index is 3.18. The van der Waals surface area contributed by atoms with E-state index < -0.39 is 0 Å². The van der Waals surface area contributed by atoms with Gasteiger partial charge in [-0.3, -0.25) is 0 Å². The van der Waals surface area contributed by atoms with E-state index in [2.05, 4.69) is 0 Å². The summed E-state index contributed by atoms with van der Waals surface area (Å²) in [6, 6.07) is 0. The Labute approximate surface area is 54.5 Å². The number of carbonyl (C=O) groups is 2. The van der Waals surface area contributed by atoms with E-state index in [1.165, 1.54) is 13.8 Å². The fourth-order valence-corrected chi connectivity index (χ4v) is 0.649. The standard InChI is InChI=1S/C3H5O.C2H3O.Ni/c1-3(2)4;1-2-3;/h1H2,2H3;1H3;. The van der Waals surface area contributed by atoms with Gasteiger partial charge in [0, 0.05) is 0 Å². The zero-order chi connectivity index (χ0) is 6.57. The van der Waals surface area contributed by atoms with Crippen LogP contribution in [0.5, 0.6) is 0 Å². The molecule has 0 unspecified atom stereocenters. The number of hydrogen-bond donors (Lipinski definition) is 0. The third kappa shape index (κ3) is 5.83. The molecule has 0 aliphatic heterocycles. The molecular formula is C5H8NiO2. The van der Waals surface area contributed by atoms with Crippen molar-refractivity contribution in [2.24, 2.45) is 0 Å². The van der Waals surface area contributed by atoms with Crippen molar-refractivity contribution in [3.8, 4) is 0 Å². The first-order valence-electron chi connectivity index (χ1n) is 2.14. The van der Waals surface area contributed by atoms with Crippen molar-refractivity contribution in [1.82, 2.24) is 0 Å². The van der Waals surface area contributed by atoms with Crippen molar-refractivity contribution in [3.63, 3.8) is 0 Å². The molecule has 0 saturated heterocycles. The van der Waals surface area contributed by atoms with E-state index in [0.29, 0.717) is 5.39 Å². The van der Waals surface area contributed by atoms with E-state index in [-0.39, 0.29) is 10.5 Å². The molecule has 0 heterocycles. The molecule has 0 aromatic carbocycles. The normalized spacial score (nSPS) is 9.25. The van der Waals surface area contributed by atoms with Gasteiger partial charge in [0.05, 0.1) is 0 Å². The van der Waals surface area contributed by atoms with Crippen LogP contribution in [-0.4, -0.2) is 10.5 Å². The first-order chi connectivity index (χ1) is 3.63. The van der Waals surface area contributed by atoms with Crippen molar-refractivity contribution in [2.75, 3.05) is 0 Å². The molecule has 50 valence electrons. The molecule has 0 aromatic heterocycles. The first kappa shape index (κ1) is 7.83. The van der Waals surface area contributed by atoms with Gasteiger partial charge >= 0.3 is 53.8 Å². The summed E-state index contributed by atoms with van der Waals surface area (Å²) in [5.41, 5.74) is 0. The van der Waals surface area contributed by atoms with Crippen molar-refractivity contribution in [2.45, 2.75) is 19.2 Å². The second kappa shape index (κ2) is 3.79. The van der Waals surface area contributed by atoms with Gasteiger partial charge in [-0.15, -0.1) is 0 Å². The minimum absolute atomic E-state index is 0.0210. The van der Waals surface area contributed by atoms with Crippen molar-refractivity contribution in [3.05, 3.63) is 0 Å². The molecule has 0 aromatic rings. The number of hydrogen-bond acceptors (Lipinski definition) is 2. The fourth-order valence-electron chi connectivity index (χ4n) is 0.157. The van der Waals surface area contributed by atoms with Crippen molar-refractivity contribution < 1.29 is 24.0 Å². The third-order valence-electron chi connectivity index (χ3n) is 0.371. The fraction of sp³-hybridized carbons (Fsp3) is 0.600. The van der Waals surface area contributed by atoms with Crippen LogP contribution in [0.3, 0.4) is 0 Å². The quantitative estimate of drug-likeness (QED) is 0.565. The van der Waals surface area contributed by atoms with Crippen LogP contribution in [0, 0.1) is 0 Å².